The van der Waals surface area contributed by atoms with E-state index in [2.05, 4.69) is 15.6 Å². The van der Waals surface area contributed by atoms with Crippen molar-refractivity contribution in [2.45, 2.75) is 32.5 Å². The fourth-order valence-electron chi connectivity index (χ4n) is 2.85. The molecule has 1 aromatic carbocycles. The Balaban J connectivity index is 1.75. The number of nitrogens with one attached hydrogen (secondary N) is 2. The summed E-state index contributed by atoms with van der Waals surface area (Å²) in [6, 6.07) is 10.4. The van der Waals surface area contributed by atoms with Crippen molar-refractivity contribution in [2.24, 2.45) is 0 Å². The van der Waals surface area contributed by atoms with Crippen molar-refractivity contribution in [2.75, 3.05) is 23.7 Å². The number of aromatic nitrogens is 2. The Morgan fingerprint density at radius 2 is 1.74 bits per heavy atom. The molecule has 2 heterocycles. The Morgan fingerprint density at radius 1 is 1.10 bits per heavy atom. The van der Waals surface area contributed by atoms with Crippen LogP contribution in [0.25, 0.3) is 10.4 Å². The number of benzene rings is 1. The molecule has 0 atom stereocenters. The van der Waals surface area contributed by atoms with E-state index in [0.29, 0.717) is 18.8 Å². The van der Waals surface area contributed by atoms with Gasteiger partial charge in [0.2, 0.25) is 0 Å². The molecule has 0 spiro atoms. The molecule has 3 rings (SSSR count). The minimum absolute atomic E-state index is 0.120. The van der Waals surface area contributed by atoms with Crippen molar-refractivity contribution < 1.29 is 13.2 Å². The lowest BCUT2D eigenvalue weighted by Gasteiger charge is -2.18. The molecular weight excluding hydrogens is 449 g/mol. The van der Waals surface area contributed by atoms with Crippen molar-refractivity contribution in [3.8, 4) is 10.4 Å². The third kappa shape index (κ3) is 5.40. The zero-order chi connectivity index (χ0) is 22.8. The van der Waals surface area contributed by atoms with Crippen LogP contribution in [0.3, 0.4) is 0 Å². The number of rotatable bonds is 6. The normalized spacial score (nSPS) is 12.1. The summed E-state index contributed by atoms with van der Waals surface area (Å²) < 4.78 is 39.9. The summed E-state index contributed by atoms with van der Waals surface area (Å²) in [5.41, 5.74) is 0.00727. The molecule has 5 nitrogen and oxygen atoms in total. The summed E-state index contributed by atoms with van der Waals surface area (Å²) in [6.45, 7) is 6.53. The van der Waals surface area contributed by atoms with Gasteiger partial charge in [-0.15, -0.1) is 0 Å². The molecule has 0 aliphatic carbocycles. The first kappa shape index (κ1) is 23.1. The van der Waals surface area contributed by atoms with Crippen LogP contribution in [0.1, 0.15) is 26.3 Å². The lowest BCUT2D eigenvalue weighted by Crippen LogP contribution is -2.30. The molecule has 0 aliphatic rings. The van der Waals surface area contributed by atoms with E-state index in [-0.39, 0.29) is 21.9 Å². The lowest BCUT2D eigenvalue weighted by molar-refractivity contribution is -0.137. The molecule has 2 N–H and O–H groups in total. The number of nitrogens with zero attached hydrogens (tertiary/aromatic N) is 2. The fraction of sp³-hybridized carbons (Fsp3) is 0.333. The van der Waals surface area contributed by atoms with Crippen molar-refractivity contribution in [1.29, 1.82) is 0 Å². The standard InChI is InChI=1S/C21H22ClF3N4OS/c1-20(2,3)29-19(30)16(17(31-29)13-7-5-4-6-8-13)26-9-10-27-18-15(22)11-14(12-28-18)21(23,24)25/h4-8,11-12,26H,9-10H2,1-3H3,(H,27,28). The van der Waals surface area contributed by atoms with Crippen LogP contribution < -0.4 is 16.2 Å². The number of anilines is 2. The summed E-state index contributed by atoms with van der Waals surface area (Å²) in [6.07, 6.45) is -3.77. The molecule has 10 heteroatoms. The summed E-state index contributed by atoms with van der Waals surface area (Å²) in [5, 5.41) is 5.94. The van der Waals surface area contributed by atoms with E-state index in [0.717, 1.165) is 22.7 Å². The van der Waals surface area contributed by atoms with Crippen LogP contribution in [0.5, 0.6) is 0 Å². The zero-order valence-electron chi connectivity index (χ0n) is 17.2. The van der Waals surface area contributed by atoms with Crippen LogP contribution in [0, 0.1) is 0 Å². The molecule has 166 valence electrons. The minimum atomic E-state index is -4.50. The third-order valence-electron chi connectivity index (χ3n) is 4.34. The molecule has 0 amide bonds. The van der Waals surface area contributed by atoms with Gasteiger partial charge in [-0.05, 0) is 32.4 Å². The van der Waals surface area contributed by atoms with E-state index in [1.165, 1.54) is 11.5 Å². The Hall–Kier alpha value is -2.52. The number of alkyl halides is 3. The van der Waals surface area contributed by atoms with Gasteiger partial charge in [0.1, 0.15) is 11.5 Å². The molecule has 31 heavy (non-hydrogen) atoms. The monoisotopic (exact) mass is 470 g/mol. The smallest absolute Gasteiger partial charge is 0.378 e. The number of halogens is 4. The largest absolute Gasteiger partial charge is 0.417 e. The first-order valence-corrected chi connectivity index (χ1v) is 10.7. The summed E-state index contributed by atoms with van der Waals surface area (Å²) in [4.78, 5) is 17.6. The first-order chi connectivity index (χ1) is 14.5. The van der Waals surface area contributed by atoms with Crippen molar-refractivity contribution in [3.63, 3.8) is 0 Å². The predicted octanol–water partition coefficient (Wildman–Crippen LogP) is 5.92. The van der Waals surface area contributed by atoms with Gasteiger partial charge in [0.25, 0.3) is 5.56 Å². The second-order valence-corrected chi connectivity index (χ2v) is 9.20. The van der Waals surface area contributed by atoms with Crippen LogP contribution >= 0.6 is 23.1 Å². The average Bonchev–Trinajstić information content (AvgIpc) is 3.03. The SMILES string of the molecule is CC(C)(C)n1sc(-c2ccccc2)c(NCCNc2ncc(C(F)(F)F)cc2Cl)c1=O. The average molecular weight is 471 g/mol. The van der Waals surface area contributed by atoms with Crippen LogP contribution in [0.4, 0.5) is 24.7 Å². The highest BCUT2D eigenvalue weighted by Gasteiger charge is 2.31. The number of pyridine rings is 1. The van der Waals surface area contributed by atoms with Gasteiger partial charge >= 0.3 is 6.18 Å². The van der Waals surface area contributed by atoms with Crippen molar-refractivity contribution in [1.82, 2.24) is 8.94 Å². The molecule has 0 unspecified atom stereocenters. The van der Waals surface area contributed by atoms with Gasteiger partial charge < -0.3 is 10.6 Å². The first-order valence-electron chi connectivity index (χ1n) is 9.51. The quantitative estimate of drug-likeness (QED) is 0.439. The molecule has 0 aliphatic heterocycles. The second-order valence-electron chi connectivity index (χ2n) is 7.84. The molecule has 0 saturated heterocycles. The summed E-state index contributed by atoms with van der Waals surface area (Å²) in [7, 11) is 0. The van der Waals surface area contributed by atoms with E-state index in [1.54, 1.807) is 3.96 Å². The highest BCUT2D eigenvalue weighted by Crippen LogP contribution is 2.34. The van der Waals surface area contributed by atoms with Gasteiger partial charge in [0.15, 0.2) is 0 Å². The van der Waals surface area contributed by atoms with Gasteiger partial charge in [-0.1, -0.05) is 53.5 Å². The Kier molecular flexibility index (Phi) is 6.66. The molecule has 0 bridgehead atoms. The van der Waals surface area contributed by atoms with Gasteiger partial charge in [0.05, 0.1) is 21.0 Å². The van der Waals surface area contributed by atoms with Gasteiger partial charge in [-0.2, -0.15) is 13.2 Å². The molecule has 2 aromatic heterocycles. The van der Waals surface area contributed by atoms with E-state index in [1.807, 2.05) is 51.1 Å². The Morgan fingerprint density at radius 3 is 2.32 bits per heavy atom. The van der Waals surface area contributed by atoms with Crippen LogP contribution in [-0.4, -0.2) is 22.0 Å². The summed E-state index contributed by atoms with van der Waals surface area (Å²) in [5.74, 6) is 0.150. The van der Waals surface area contributed by atoms with E-state index < -0.39 is 11.7 Å². The second kappa shape index (κ2) is 8.92. The summed E-state index contributed by atoms with van der Waals surface area (Å²) >= 11 is 7.31. The van der Waals surface area contributed by atoms with E-state index in [9.17, 15) is 18.0 Å². The minimum Gasteiger partial charge on any atom is -0.378 e. The maximum absolute atomic E-state index is 13.0. The fourth-order valence-corrected chi connectivity index (χ4v) is 4.21. The molecule has 3 aromatic rings. The van der Waals surface area contributed by atoms with Crippen LogP contribution in [0.2, 0.25) is 5.02 Å². The van der Waals surface area contributed by atoms with Gasteiger partial charge in [-0.25, -0.2) is 4.98 Å². The zero-order valence-corrected chi connectivity index (χ0v) is 18.8. The van der Waals surface area contributed by atoms with E-state index in [4.69, 9.17) is 11.6 Å². The van der Waals surface area contributed by atoms with Crippen LogP contribution in [-0.2, 0) is 11.7 Å². The van der Waals surface area contributed by atoms with Gasteiger partial charge in [0, 0.05) is 19.3 Å². The molecular formula is C21H22ClF3N4OS. The van der Waals surface area contributed by atoms with Crippen molar-refractivity contribution in [3.05, 3.63) is 63.5 Å². The Bertz CT molecular complexity index is 1100. The topological polar surface area (TPSA) is 59.0 Å². The maximum Gasteiger partial charge on any atom is 0.417 e. The van der Waals surface area contributed by atoms with E-state index >= 15 is 0 Å². The lowest BCUT2D eigenvalue weighted by atomic mass is 10.1. The highest BCUT2D eigenvalue weighted by molar-refractivity contribution is 7.11. The van der Waals surface area contributed by atoms with Crippen molar-refractivity contribution >= 4 is 34.6 Å². The van der Waals surface area contributed by atoms with Crippen LogP contribution in [0.15, 0.2) is 47.4 Å². The number of hydrogen-bond donors (Lipinski definition) is 2. The molecule has 0 radical (unpaired) electrons. The maximum atomic E-state index is 13.0. The predicted molar refractivity (Wildman–Crippen MR) is 120 cm³/mol. The third-order valence-corrected chi connectivity index (χ3v) is 6.15. The number of hydrogen-bond acceptors (Lipinski definition) is 5. The highest BCUT2D eigenvalue weighted by atomic mass is 35.5. The molecule has 0 saturated carbocycles. The Labute approximate surface area is 187 Å². The van der Waals surface area contributed by atoms with Gasteiger partial charge in [-0.3, -0.25) is 8.75 Å². The molecule has 0 fully saturated rings.